The van der Waals surface area contributed by atoms with Crippen LogP contribution in [0.2, 0.25) is 5.02 Å². The largest absolute Gasteiger partial charge is 0.387 e. The van der Waals surface area contributed by atoms with Crippen LogP contribution in [0, 0.1) is 0 Å². The number of aliphatic hydroxyl groups excluding tert-OH is 1. The van der Waals surface area contributed by atoms with Crippen LogP contribution >= 0.6 is 11.6 Å². The second-order valence-corrected chi connectivity index (χ2v) is 5.72. The van der Waals surface area contributed by atoms with E-state index in [1.165, 1.54) is 5.56 Å². The Hall–Kier alpha value is -1.35. The minimum absolute atomic E-state index is 0.488. The van der Waals surface area contributed by atoms with E-state index in [1.54, 1.807) is 0 Å². The first-order valence-electron chi connectivity index (χ1n) is 7.39. The molecule has 0 bridgehead atoms. The molecule has 2 rings (SSSR count). The highest BCUT2D eigenvalue weighted by molar-refractivity contribution is 6.30. The van der Waals surface area contributed by atoms with Crippen molar-refractivity contribution in [2.75, 3.05) is 13.1 Å². The number of hydrogen-bond acceptors (Lipinski definition) is 2. The predicted molar refractivity (Wildman–Crippen MR) is 88.4 cm³/mol. The van der Waals surface area contributed by atoms with Gasteiger partial charge in [-0.3, -0.25) is 4.90 Å². The molecule has 0 spiro atoms. The Bertz CT molecular complexity index is 527. The van der Waals surface area contributed by atoms with E-state index in [1.807, 2.05) is 30.3 Å². The third-order valence-corrected chi connectivity index (χ3v) is 3.73. The highest BCUT2D eigenvalue weighted by atomic mass is 35.5. The van der Waals surface area contributed by atoms with Crippen LogP contribution in [0.15, 0.2) is 54.6 Å². The molecule has 2 aromatic carbocycles. The normalized spacial score (nSPS) is 12.6. The molecule has 0 saturated carbocycles. The number of aliphatic hydroxyl groups is 1. The molecule has 112 valence electrons. The van der Waals surface area contributed by atoms with Gasteiger partial charge in [0.05, 0.1) is 6.10 Å². The zero-order valence-corrected chi connectivity index (χ0v) is 13.1. The molecular formula is C18H22ClNO. The van der Waals surface area contributed by atoms with Gasteiger partial charge in [0.15, 0.2) is 0 Å². The third kappa shape index (κ3) is 5.16. The highest BCUT2D eigenvalue weighted by Gasteiger charge is 2.13. The smallest absolute Gasteiger partial charge is 0.0917 e. The summed E-state index contributed by atoms with van der Waals surface area (Å²) in [6.45, 7) is 4.62. The van der Waals surface area contributed by atoms with Crippen molar-refractivity contribution in [2.45, 2.75) is 26.0 Å². The van der Waals surface area contributed by atoms with Crippen LogP contribution in [0.25, 0.3) is 0 Å². The zero-order chi connectivity index (χ0) is 15.1. The molecule has 1 atom stereocenters. The first kappa shape index (κ1) is 16.0. The van der Waals surface area contributed by atoms with Gasteiger partial charge in [-0.2, -0.15) is 0 Å². The van der Waals surface area contributed by atoms with Gasteiger partial charge in [0.25, 0.3) is 0 Å². The summed E-state index contributed by atoms with van der Waals surface area (Å²) >= 11 is 5.89. The van der Waals surface area contributed by atoms with E-state index < -0.39 is 6.10 Å². The van der Waals surface area contributed by atoms with Gasteiger partial charge < -0.3 is 5.11 Å². The molecule has 21 heavy (non-hydrogen) atoms. The lowest BCUT2D eigenvalue weighted by molar-refractivity contribution is 0.109. The zero-order valence-electron chi connectivity index (χ0n) is 12.4. The summed E-state index contributed by atoms with van der Waals surface area (Å²) in [6, 6.07) is 17.8. The first-order chi connectivity index (χ1) is 10.2. The van der Waals surface area contributed by atoms with Crippen molar-refractivity contribution < 1.29 is 5.11 Å². The maximum Gasteiger partial charge on any atom is 0.0917 e. The van der Waals surface area contributed by atoms with Gasteiger partial charge in [0.1, 0.15) is 0 Å². The van der Waals surface area contributed by atoms with E-state index in [9.17, 15) is 5.11 Å². The van der Waals surface area contributed by atoms with Crippen LogP contribution in [0.5, 0.6) is 0 Å². The van der Waals surface area contributed by atoms with Crippen LogP contribution in [0.1, 0.15) is 30.6 Å². The van der Waals surface area contributed by atoms with Gasteiger partial charge in [-0.05, 0) is 36.2 Å². The standard InChI is InChI=1S/C18H22ClNO/c1-2-12-20(13-15-6-4-3-5-7-15)14-18(21)16-8-10-17(19)11-9-16/h3-11,18,21H,2,12-14H2,1H3/t18-/m0/s1. The maximum atomic E-state index is 10.4. The van der Waals surface area contributed by atoms with Crippen LogP contribution in [0.3, 0.4) is 0 Å². The summed E-state index contributed by atoms with van der Waals surface area (Å²) in [4.78, 5) is 2.29. The Balaban J connectivity index is 2.00. The Morgan fingerprint density at radius 2 is 1.71 bits per heavy atom. The quantitative estimate of drug-likeness (QED) is 0.825. The number of hydrogen-bond donors (Lipinski definition) is 1. The second kappa shape index (κ2) is 8.18. The van der Waals surface area contributed by atoms with Gasteiger partial charge in [-0.1, -0.05) is 61.0 Å². The topological polar surface area (TPSA) is 23.5 Å². The summed E-state index contributed by atoms with van der Waals surface area (Å²) in [5.41, 5.74) is 2.18. The Morgan fingerprint density at radius 3 is 2.33 bits per heavy atom. The van der Waals surface area contributed by atoms with Gasteiger partial charge in [0, 0.05) is 18.1 Å². The molecule has 2 nitrogen and oxygen atoms in total. The molecule has 3 heteroatoms. The second-order valence-electron chi connectivity index (χ2n) is 5.29. The minimum Gasteiger partial charge on any atom is -0.387 e. The lowest BCUT2D eigenvalue weighted by atomic mass is 10.1. The average Bonchev–Trinajstić information content (AvgIpc) is 2.49. The van der Waals surface area contributed by atoms with Gasteiger partial charge in [0.2, 0.25) is 0 Å². The van der Waals surface area contributed by atoms with E-state index in [0.717, 1.165) is 25.1 Å². The van der Waals surface area contributed by atoms with Crippen LogP contribution < -0.4 is 0 Å². The minimum atomic E-state index is -0.488. The van der Waals surface area contributed by atoms with E-state index in [0.29, 0.717) is 11.6 Å². The predicted octanol–water partition coefficient (Wildman–Crippen LogP) is 4.29. The van der Waals surface area contributed by atoms with Gasteiger partial charge in [-0.15, -0.1) is 0 Å². The molecule has 0 aliphatic heterocycles. The van der Waals surface area contributed by atoms with Gasteiger partial charge >= 0.3 is 0 Å². The fraction of sp³-hybridized carbons (Fsp3) is 0.333. The molecule has 2 aromatic rings. The first-order valence-corrected chi connectivity index (χ1v) is 7.76. The summed E-state index contributed by atoms with van der Waals surface area (Å²) in [5.74, 6) is 0. The van der Waals surface area contributed by atoms with E-state index in [-0.39, 0.29) is 0 Å². The Morgan fingerprint density at radius 1 is 1.05 bits per heavy atom. The molecular weight excluding hydrogens is 282 g/mol. The van der Waals surface area contributed by atoms with Crippen molar-refractivity contribution in [1.29, 1.82) is 0 Å². The lowest BCUT2D eigenvalue weighted by Crippen LogP contribution is -2.29. The van der Waals surface area contributed by atoms with Crippen molar-refractivity contribution in [3.8, 4) is 0 Å². The molecule has 0 aliphatic rings. The summed E-state index contributed by atoms with van der Waals surface area (Å²) in [6.07, 6.45) is 0.581. The highest BCUT2D eigenvalue weighted by Crippen LogP contribution is 2.18. The molecule has 0 heterocycles. The molecule has 1 N–H and O–H groups in total. The molecule has 0 amide bonds. The summed E-state index contributed by atoms with van der Waals surface area (Å²) < 4.78 is 0. The molecule has 0 saturated heterocycles. The number of rotatable bonds is 7. The van der Waals surface area contributed by atoms with Crippen molar-refractivity contribution in [1.82, 2.24) is 4.90 Å². The van der Waals surface area contributed by atoms with E-state index in [2.05, 4.69) is 36.1 Å². The average molecular weight is 304 g/mol. The molecule has 0 fully saturated rings. The Kier molecular flexibility index (Phi) is 6.24. The van der Waals surface area contributed by atoms with Crippen molar-refractivity contribution in [3.05, 3.63) is 70.7 Å². The van der Waals surface area contributed by atoms with Crippen molar-refractivity contribution >= 4 is 11.6 Å². The fourth-order valence-electron chi connectivity index (χ4n) is 2.43. The Labute approximate surface area is 132 Å². The molecule has 0 unspecified atom stereocenters. The van der Waals surface area contributed by atoms with Crippen molar-refractivity contribution in [3.63, 3.8) is 0 Å². The van der Waals surface area contributed by atoms with E-state index in [4.69, 9.17) is 11.6 Å². The van der Waals surface area contributed by atoms with Crippen molar-refractivity contribution in [2.24, 2.45) is 0 Å². The summed E-state index contributed by atoms with van der Waals surface area (Å²) in [5, 5.41) is 11.1. The van der Waals surface area contributed by atoms with Gasteiger partial charge in [-0.25, -0.2) is 0 Å². The molecule has 0 aliphatic carbocycles. The maximum absolute atomic E-state index is 10.4. The number of nitrogens with zero attached hydrogens (tertiary/aromatic N) is 1. The SMILES string of the molecule is CCCN(Cc1ccccc1)C[C@H](O)c1ccc(Cl)cc1. The summed E-state index contributed by atoms with van der Waals surface area (Å²) in [7, 11) is 0. The lowest BCUT2D eigenvalue weighted by Gasteiger charge is -2.25. The third-order valence-electron chi connectivity index (χ3n) is 3.47. The van der Waals surface area contributed by atoms with E-state index >= 15 is 0 Å². The van der Waals surface area contributed by atoms with Crippen LogP contribution in [-0.2, 0) is 6.54 Å². The monoisotopic (exact) mass is 303 g/mol. The number of benzene rings is 2. The molecule has 0 radical (unpaired) electrons. The van der Waals surface area contributed by atoms with Crippen LogP contribution in [0.4, 0.5) is 0 Å². The van der Waals surface area contributed by atoms with Crippen LogP contribution in [-0.4, -0.2) is 23.1 Å². The fourth-order valence-corrected chi connectivity index (χ4v) is 2.55. The number of halogens is 1. The molecule has 0 aromatic heterocycles.